The molecule has 0 aromatic heterocycles. The lowest BCUT2D eigenvalue weighted by molar-refractivity contribution is 0.208. The summed E-state index contributed by atoms with van der Waals surface area (Å²) in [4.78, 5) is 3.58. The van der Waals surface area contributed by atoms with Crippen molar-refractivity contribution in [2.75, 3.05) is 25.4 Å². The van der Waals surface area contributed by atoms with Gasteiger partial charge in [-0.1, -0.05) is 23.7 Å². The van der Waals surface area contributed by atoms with Crippen molar-refractivity contribution in [2.45, 2.75) is 35.1 Å². The average molecular weight is 443 g/mol. The second-order valence-corrected chi connectivity index (χ2v) is 10.1. The second kappa shape index (κ2) is 10.1. The molecule has 28 heavy (non-hydrogen) atoms. The molecule has 0 saturated carbocycles. The standard InChI is InChI=1S/C20H24ClFN2O2S2/c21-19-4-1-2-5-20(19)27-15-3-12-24-13-10-17(11-14-24)23-28(25,26)18-8-6-16(22)7-9-18/h1-2,4-9,17,23H,3,10-15H2. The summed E-state index contributed by atoms with van der Waals surface area (Å²) in [5.74, 6) is 0.556. The zero-order chi connectivity index (χ0) is 20.0. The van der Waals surface area contributed by atoms with Gasteiger partial charge < -0.3 is 4.90 Å². The smallest absolute Gasteiger partial charge is 0.240 e. The molecule has 0 aliphatic carbocycles. The minimum absolute atomic E-state index is 0.0798. The number of likely N-dealkylation sites (tertiary alicyclic amines) is 1. The first-order valence-corrected chi connectivity index (χ1v) is 12.2. The summed E-state index contributed by atoms with van der Waals surface area (Å²) < 4.78 is 40.6. The normalized spacial score (nSPS) is 16.4. The molecule has 2 aromatic rings. The van der Waals surface area contributed by atoms with E-state index in [-0.39, 0.29) is 10.9 Å². The van der Waals surface area contributed by atoms with Crippen molar-refractivity contribution in [3.8, 4) is 0 Å². The number of benzene rings is 2. The van der Waals surface area contributed by atoms with Gasteiger partial charge in [-0.25, -0.2) is 17.5 Å². The van der Waals surface area contributed by atoms with Gasteiger partial charge in [0.2, 0.25) is 10.0 Å². The summed E-state index contributed by atoms with van der Waals surface area (Å²) in [6, 6.07) is 12.7. The Kier molecular flexibility index (Phi) is 7.77. The molecule has 1 saturated heterocycles. The van der Waals surface area contributed by atoms with Crippen LogP contribution >= 0.6 is 23.4 Å². The first kappa shape index (κ1) is 21.6. The lowest BCUT2D eigenvalue weighted by atomic mass is 10.1. The highest BCUT2D eigenvalue weighted by Gasteiger charge is 2.24. The molecule has 1 aliphatic rings. The Morgan fingerprint density at radius 2 is 1.79 bits per heavy atom. The quantitative estimate of drug-likeness (QED) is 0.486. The van der Waals surface area contributed by atoms with Crippen molar-refractivity contribution < 1.29 is 12.8 Å². The first-order valence-electron chi connectivity index (χ1n) is 9.31. The fourth-order valence-electron chi connectivity index (χ4n) is 3.21. The Labute approximate surface area is 175 Å². The number of nitrogens with one attached hydrogen (secondary N) is 1. The lowest BCUT2D eigenvalue weighted by Gasteiger charge is -2.32. The van der Waals surface area contributed by atoms with E-state index in [4.69, 9.17) is 11.6 Å². The third kappa shape index (κ3) is 6.19. The summed E-state index contributed by atoms with van der Waals surface area (Å²) in [5, 5.41) is 0.793. The van der Waals surface area contributed by atoms with Gasteiger partial charge in [0.1, 0.15) is 5.82 Å². The van der Waals surface area contributed by atoms with E-state index in [1.54, 1.807) is 11.8 Å². The van der Waals surface area contributed by atoms with Gasteiger partial charge in [-0.2, -0.15) is 0 Å². The van der Waals surface area contributed by atoms with Crippen LogP contribution in [0.25, 0.3) is 0 Å². The number of piperidine rings is 1. The molecule has 0 amide bonds. The zero-order valence-electron chi connectivity index (χ0n) is 15.5. The maximum atomic E-state index is 13.0. The van der Waals surface area contributed by atoms with Crippen LogP contribution in [0.15, 0.2) is 58.3 Å². The summed E-state index contributed by atoms with van der Waals surface area (Å²) in [6.07, 6.45) is 2.61. The fourth-order valence-corrected chi connectivity index (χ4v) is 5.69. The Bertz CT molecular complexity index is 870. The van der Waals surface area contributed by atoms with Crippen LogP contribution in [0.4, 0.5) is 4.39 Å². The second-order valence-electron chi connectivity index (χ2n) is 6.82. The average Bonchev–Trinajstić information content (AvgIpc) is 2.68. The van der Waals surface area contributed by atoms with E-state index in [1.807, 2.05) is 24.3 Å². The van der Waals surface area contributed by atoms with Gasteiger partial charge in [-0.15, -0.1) is 11.8 Å². The maximum absolute atomic E-state index is 13.0. The Morgan fingerprint density at radius 3 is 2.46 bits per heavy atom. The zero-order valence-corrected chi connectivity index (χ0v) is 17.9. The van der Waals surface area contributed by atoms with Gasteiger partial charge in [-0.3, -0.25) is 0 Å². The molecule has 1 aliphatic heterocycles. The third-order valence-corrected chi connectivity index (χ3v) is 7.88. The topological polar surface area (TPSA) is 49.4 Å². The summed E-state index contributed by atoms with van der Waals surface area (Å²) in [7, 11) is -3.60. The number of nitrogens with zero attached hydrogens (tertiary/aromatic N) is 1. The molecule has 152 valence electrons. The van der Waals surface area contributed by atoms with Gasteiger partial charge in [0.15, 0.2) is 0 Å². The Morgan fingerprint density at radius 1 is 1.11 bits per heavy atom. The van der Waals surface area contributed by atoms with Crippen LogP contribution in [-0.2, 0) is 10.0 Å². The highest BCUT2D eigenvalue weighted by molar-refractivity contribution is 7.99. The van der Waals surface area contributed by atoms with Crippen LogP contribution < -0.4 is 4.72 Å². The van der Waals surface area contributed by atoms with E-state index in [0.717, 1.165) is 66.7 Å². The Hall–Kier alpha value is -1.12. The Balaban J connectivity index is 1.38. The molecule has 2 aromatic carbocycles. The molecule has 8 heteroatoms. The van der Waals surface area contributed by atoms with E-state index < -0.39 is 15.8 Å². The predicted molar refractivity (Wildman–Crippen MR) is 113 cm³/mol. The predicted octanol–water partition coefficient (Wildman–Crippen LogP) is 4.40. The number of sulfonamides is 1. The molecule has 3 rings (SSSR count). The van der Waals surface area contributed by atoms with Crippen molar-refractivity contribution >= 4 is 33.4 Å². The molecular weight excluding hydrogens is 419 g/mol. The van der Waals surface area contributed by atoms with Crippen molar-refractivity contribution in [1.82, 2.24) is 9.62 Å². The lowest BCUT2D eigenvalue weighted by Crippen LogP contribution is -2.44. The number of hydrogen-bond acceptors (Lipinski definition) is 4. The largest absolute Gasteiger partial charge is 0.303 e. The van der Waals surface area contributed by atoms with E-state index in [9.17, 15) is 12.8 Å². The number of halogens is 2. The minimum atomic E-state index is -3.60. The van der Waals surface area contributed by atoms with Crippen LogP contribution in [0, 0.1) is 5.82 Å². The van der Waals surface area contributed by atoms with Crippen LogP contribution in [0.3, 0.4) is 0 Å². The van der Waals surface area contributed by atoms with Crippen LogP contribution in [0.1, 0.15) is 19.3 Å². The number of hydrogen-bond donors (Lipinski definition) is 1. The van der Waals surface area contributed by atoms with Crippen molar-refractivity contribution in [1.29, 1.82) is 0 Å². The molecule has 0 bridgehead atoms. The molecule has 1 fully saturated rings. The number of rotatable bonds is 8. The van der Waals surface area contributed by atoms with Gasteiger partial charge in [0, 0.05) is 10.9 Å². The monoisotopic (exact) mass is 442 g/mol. The third-order valence-electron chi connectivity index (χ3n) is 4.75. The summed E-state index contributed by atoms with van der Waals surface area (Å²) in [5.41, 5.74) is 0. The molecule has 1 heterocycles. The molecule has 0 radical (unpaired) electrons. The van der Waals surface area contributed by atoms with E-state index in [2.05, 4.69) is 9.62 Å². The molecule has 0 atom stereocenters. The van der Waals surface area contributed by atoms with E-state index >= 15 is 0 Å². The fraction of sp³-hybridized carbons (Fsp3) is 0.400. The molecule has 0 unspecified atom stereocenters. The van der Waals surface area contributed by atoms with Gasteiger partial charge in [0.25, 0.3) is 0 Å². The van der Waals surface area contributed by atoms with Gasteiger partial charge in [0.05, 0.1) is 9.92 Å². The molecule has 4 nitrogen and oxygen atoms in total. The highest BCUT2D eigenvalue weighted by Crippen LogP contribution is 2.27. The SMILES string of the molecule is O=S(=O)(NC1CCN(CCCSc2ccccc2Cl)CC1)c1ccc(F)cc1. The summed E-state index contributed by atoms with van der Waals surface area (Å²) >= 11 is 7.93. The van der Waals surface area contributed by atoms with E-state index in [1.165, 1.54) is 12.1 Å². The number of thioether (sulfide) groups is 1. The minimum Gasteiger partial charge on any atom is -0.303 e. The molecule has 1 N–H and O–H groups in total. The van der Waals surface area contributed by atoms with Gasteiger partial charge in [-0.05, 0) is 81.0 Å². The summed E-state index contributed by atoms with van der Waals surface area (Å²) in [6.45, 7) is 2.73. The maximum Gasteiger partial charge on any atom is 0.240 e. The molecular formula is C20H24ClFN2O2S2. The highest BCUT2D eigenvalue weighted by atomic mass is 35.5. The first-order chi connectivity index (χ1) is 13.4. The van der Waals surface area contributed by atoms with Crippen molar-refractivity contribution in [3.63, 3.8) is 0 Å². The molecule has 0 spiro atoms. The van der Waals surface area contributed by atoms with Gasteiger partial charge >= 0.3 is 0 Å². The van der Waals surface area contributed by atoms with Crippen LogP contribution in [0.2, 0.25) is 5.02 Å². The van der Waals surface area contributed by atoms with Crippen molar-refractivity contribution in [2.24, 2.45) is 0 Å². The van der Waals surface area contributed by atoms with Crippen molar-refractivity contribution in [3.05, 3.63) is 59.4 Å². The van der Waals surface area contributed by atoms with Crippen LogP contribution in [0.5, 0.6) is 0 Å². The van der Waals surface area contributed by atoms with E-state index in [0.29, 0.717) is 0 Å². The van der Waals surface area contributed by atoms with Crippen LogP contribution in [-0.4, -0.2) is 44.7 Å².